The van der Waals surface area contributed by atoms with E-state index >= 15 is 0 Å². The monoisotopic (exact) mass is 313 g/mol. The van der Waals surface area contributed by atoms with Crippen LogP contribution in [0.5, 0.6) is 0 Å². The van der Waals surface area contributed by atoms with Gasteiger partial charge in [0.15, 0.2) is 18.7 Å². The number of carbonyl (C=O) groups excluding carboxylic acids is 3. The third-order valence-corrected chi connectivity index (χ3v) is 2.96. The molecule has 0 spiro atoms. The highest BCUT2D eigenvalue weighted by Crippen LogP contribution is 2.05. The predicted molar refractivity (Wildman–Crippen MR) is 82.4 cm³/mol. The first kappa shape index (κ1) is 16.3. The topological polar surface area (TPSA) is 89.5 Å². The van der Waals surface area contributed by atoms with Crippen LogP contribution in [0.3, 0.4) is 0 Å². The van der Waals surface area contributed by atoms with Crippen LogP contribution in [0.1, 0.15) is 20.7 Å². The zero-order chi connectivity index (χ0) is 16.7. The lowest BCUT2D eigenvalue weighted by atomic mass is 10.1. The molecular weight excluding hydrogens is 298 g/mol. The lowest BCUT2D eigenvalue weighted by molar-refractivity contribution is -0.140. The maximum Gasteiger partial charge on any atom is 0.326 e. The van der Waals surface area contributed by atoms with E-state index in [0.29, 0.717) is 17.4 Å². The molecule has 0 aliphatic carbocycles. The molecule has 0 bridgehead atoms. The molecule has 2 rings (SSSR count). The van der Waals surface area contributed by atoms with E-state index in [9.17, 15) is 14.4 Å². The number of Topliss-reactive ketones (excluding diaryl/α,β-unsaturated/α-hetero) is 1. The Kier molecular flexibility index (Phi) is 5.51. The highest BCUT2D eigenvalue weighted by molar-refractivity contribution is 5.98. The predicted octanol–water partition coefficient (Wildman–Crippen LogP) is 1.15. The minimum absolute atomic E-state index is 0.109. The van der Waals surface area contributed by atoms with Crippen molar-refractivity contribution in [3.05, 3.63) is 53.9 Å². The van der Waals surface area contributed by atoms with Crippen LogP contribution < -0.4 is 4.90 Å². The molecule has 0 radical (unpaired) electrons. The number of ether oxygens (including phenoxy) is 1. The molecule has 118 valence electrons. The largest absolute Gasteiger partial charge is 0.456 e. The Morgan fingerprint density at radius 3 is 2.43 bits per heavy atom. The first-order valence-electron chi connectivity index (χ1n) is 6.82. The number of anilines is 1. The normalized spacial score (nSPS) is 9.96. The molecule has 0 saturated heterocycles. The number of nitrogens with zero attached hydrogens (tertiary/aromatic N) is 3. The van der Waals surface area contributed by atoms with Gasteiger partial charge in [-0.2, -0.15) is 0 Å². The molecule has 1 aromatic carbocycles. The zero-order valence-electron chi connectivity index (χ0n) is 12.5. The molecule has 7 nitrogen and oxygen atoms in total. The molecule has 0 aliphatic rings. The van der Waals surface area contributed by atoms with E-state index in [0.717, 1.165) is 0 Å². The number of rotatable bonds is 7. The summed E-state index contributed by atoms with van der Waals surface area (Å²) in [5, 5.41) is 0. The van der Waals surface area contributed by atoms with Crippen LogP contribution in [0.15, 0.2) is 42.7 Å². The Labute approximate surface area is 132 Å². The second-order valence-corrected chi connectivity index (χ2v) is 4.74. The molecule has 23 heavy (non-hydrogen) atoms. The van der Waals surface area contributed by atoms with Crippen LogP contribution in [0, 0.1) is 0 Å². The highest BCUT2D eigenvalue weighted by Gasteiger charge is 2.13. The Morgan fingerprint density at radius 2 is 1.83 bits per heavy atom. The molecular formula is C16H15N3O4. The average molecular weight is 313 g/mol. The van der Waals surface area contributed by atoms with Gasteiger partial charge in [-0.15, -0.1) is 0 Å². The van der Waals surface area contributed by atoms with E-state index in [4.69, 9.17) is 4.74 Å². The van der Waals surface area contributed by atoms with E-state index in [-0.39, 0.29) is 24.9 Å². The van der Waals surface area contributed by atoms with Crippen molar-refractivity contribution in [1.29, 1.82) is 0 Å². The van der Waals surface area contributed by atoms with E-state index in [1.165, 1.54) is 17.3 Å². The number of esters is 1. The van der Waals surface area contributed by atoms with Crippen molar-refractivity contribution < 1.29 is 19.1 Å². The fourth-order valence-electron chi connectivity index (χ4n) is 1.75. The number of ketones is 1. The van der Waals surface area contributed by atoms with E-state index in [1.807, 2.05) is 0 Å². The number of carbonyl (C=O) groups is 3. The van der Waals surface area contributed by atoms with Crippen LogP contribution in [-0.4, -0.2) is 48.2 Å². The maximum absolute atomic E-state index is 11.8. The summed E-state index contributed by atoms with van der Waals surface area (Å²) in [7, 11) is 1.61. The van der Waals surface area contributed by atoms with Gasteiger partial charge in [0, 0.05) is 25.0 Å². The van der Waals surface area contributed by atoms with Gasteiger partial charge >= 0.3 is 5.97 Å². The van der Waals surface area contributed by atoms with Crippen molar-refractivity contribution in [2.75, 3.05) is 25.1 Å². The number of benzene rings is 1. The van der Waals surface area contributed by atoms with Gasteiger partial charge in [0.05, 0.1) is 5.56 Å². The van der Waals surface area contributed by atoms with Gasteiger partial charge in [-0.05, 0) is 0 Å². The van der Waals surface area contributed by atoms with Crippen molar-refractivity contribution in [2.45, 2.75) is 0 Å². The van der Waals surface area contributed by atoms with Crippen molar-refractivity contribution in [2.24, 2.45) is 0 Å². The van der Waals surface area contributed by atoms with Crippen molar-refractivity contribution in [3.8, 4) is 0 Å². The van der Waals surface area contributed by atoms with Gasteiger partial charge in [0.2, 0.25) is 5.95 Å². The molecule has 1 heterocycles. The first-order valence-corrected chi connectivity index (χ1v) is 6.82. The van der Waals surface area contributed by atoms with E-state index in [1.54, 1.807) is 37.4 Å². The first-order chi connectivity index (χ1) is 11.1. The minimum atomic E-state index is -0.570. The molecule has 0 N–H and O–H groups in total. The summed E-state index contributed by atoms with van der Waals surface area (Å²) in [6.45, 7) is -0.426. The summed E-state index contributed by atoms with van der Waals surface area (Å²) in [6, 6.07) is 8.59. The molecule has 0 saturated carbocycles. The summed E-state index contributed by atoms with van der Waals surface area (Å²) in [4.78, 5) is 43.5. The van der Waals surface area contributed by atoms with Gasteiger partial charge in [0.1, 0.15) is 6.54 Å². The lowest BCUT2D eigenvalue weighted by Gasteiger charge is -2.15. The number of likely N-dealkylation sites (N-methyl/N-ethyl adjacent to an activating group) is 1. The summed E-state index contributed by atoms with van der Waals surface area (Å²) in [6.07, 6.45) is 3.35. The molecule has 1 aromatic heterocycles. The smallest absolute Gasteiger partial charge is 0.326 e. The molecule has 2 aromatic rings. The SMILES string of the molecule is CN(CC(=O)OCC(=O)c1ccccc1)c1ncc(C=O)cn1. The Hall–Kier alpha value is -3.09. The molecule has 7 heteroatoms. The van der Waals surface area contributed by atoms with Crippen molar-refractivity contribution in [1.82, 2.24) is 9.97 Å². The van der Waals surface area contributed by atoms with Crippen LogP contribution in [0.25, 0.3) is 0 Å². The standard InChI is InChI=1S/C16H15N3O4/c1-19(16-17-7-12(10-20)8-18-16)9-15(22)23-11-14(21)13-5-3-2-4-6-13/h2-8,10H,9,11H2,1H3. The maximum atomic E-state index is 11.8. The second kappa shape index (κ2) is 7.79. The number of hydrogen-bond acceptors (Lipinski definition) is 7. The quantitative estimate of drug-likeness (QED) is 0.430. The zero-order valence-corrected chi connectivity index (χ0v) is 12.5. The van der Waals surface area contributed by atoms with Crippen LogP contribution in [-0.2, 0) is 9.53 Å². The van der Waals surface area contributed by atoms with Crippen LogP contribution in [0.4, 0.5) is 5.95 Å². The molecule has 0 aliphatic heterocycles. The summed E-state index contributed by atoms with van der Waals surface area (Å²) < 4.78 is 4.95. The van der Waals surface area contributed by atoms with E-state index < -0.39 is 5.97 Å². The lowest BCUT2D eigenvalue weighted by Crippen LogP contribution is -2.29. The molecule has 0 fully saturated rings. The van der Waals surface area contributed by atoms with Gasteiger partial charge in [-0.25, -0.2) is 9.97 Å². The fourth-order valence-corrected chi connectivity index (χ4v) is 1.75. The molecule has 0 unspecified atom stereocenters. The minimum Gasteiger partial charge on any atom is -0.456 e. The Bertz CT molecular complexity index is 686. The third kappa shape index (κ3) is 4.70. The van der Waals surface area contributed by atoms with Crippen molar-refractivity contribution >= 4 is 24.0 Å². The Balaban J connectivity index is 1.84. The van der Waals surface area contributed by atoms with Crippen molar-refractivity contribution in [3.63, 3.8) is 0 Å². The van der Waals surface area contributed by atoms with Gasteiger partial charge in [0.25, 0.3) is 0 Å². The number of hydrogen-bond donors (Lipinski definition) is 0. The Morgan fingerprint density at radius 1 is 1.17 bits per heavy atom. The summed E-state index contributed by atoms with van der Waals surface area (Å²) in [5.74, 6) is -0.560. The van der Waals surface area contributed by atoms with Gasteiger partial charge in [-0.1, -0.05) is 30.3 Å². The summed E-state index contributed by atoms with van der Waals surface area (Å²) >= 11 is 0. The number of aromatic nitrogens is 2. The van der Waals surface area contributed by atoms with Crippen LogP contribution in [0.2, 0.25) is 0 Å². The third-order valence-electron chi connectivity index (χ3n) is 2.96. The average Bonchev–Trinajstić information content (AvgIpc) is 2.60. The second-order valence-electron chi connectivity index (χ2n) is 4.74. The van der Waals surface area contributed by atoms with Crippen LogP contribution >= 0.6 is 0 Å². The molecule has 0 amide bonds. The van der Waals surface area contributed by atoms with Gasteiger partial charge < -0.3 is 9.64 Å². The fraction of sp³-hybridized carbons (Fsp3) is 0.188. The molecule has 0 atom stereocenters. The van der Waals surface area contributed by atoms with Gasteiger partial charge in [-0.3, -0.25) is 14.4 Å². The number of aldehydes is 1. The van der Waals surface area contributed by atoms with E-state index in [2.05, 4.69) is 9.97 Å². The highest BCUT2D eigenvalue weighted by atomic mass is 16.5. The summed E-state index contributed by atoms with van der Waals surface area (Å²) in [5.41, 5.74) is 0.833.